The van der Waals surface area contributed by atoms with Crippen LogP contribution >= 0.6 is 15.9 Å². The molecule has 0 radical (unpaired) electrons. The summed E-state index contributed by atoms with van der Waals surface area (Å²) in [6, 6.07) is 0. The Morgan fingerprint density at radius 3 is 2.35 bits per heavy atom. The van der Waals surface area contributed by atoms with Crippen LogP contribution in [0.15, 0.2) is 4.47 Å². The summed E-state index contributed by atoms with van der Waals surface area (Å²) in [5.41, 5.74) is 1.10. The fourth-order valence-corrected chi connectivity index (χ4v) is 2.79. The third-order valence-corrected chi connectivity index (χ3v) is 3.85. The number of nitrogens with zero attached hydrogens (tertiary/aromatic N) is 2. The highest BCUT2D eigenvalue weighted by Gasteiger charge is 2.23. The molecule has 0 spiro atoms. The molecule has 114 valence electrons. The topological polar surface area (TPSA) is 37.8 Å². The average Bonchev–Trinajstić information content (AvgIpc) is 2.34. The number of aromatic nitrogens is 2. The van der Waals surface area contributed by atoms with Gasteiger partial charge in [0.15, 0.2) is 0 Å². The standard InChI is InChI=1S/C16H28BrN3/c1-7-10-18-15-13(17)14(16(4,5)6)19-12(20-15)9-8-11(2)3/h11H,7-10H2,1-6H3,(H,18,19,20). The molecule has 1 heterocycles. The molecule has 20 heavy (non-hydrogen) atoms. The third-order valence-electron chi connectivity index (χ3n) is 3.10. The Balaban J connectivity index is 3.12. The van der Waals surface area contributed by atoms with Gasteiger partial charge < -0.3 is 5.32 Å². The Bertz CT molecular complexity index is 436. The van der Waals surface area contributed by atoms with Crippen LogP contribution in [0.2, 0.25) is 0 Å². The number of halogens is 1. The molecule has 0 aliphatic heterocycles. The van der Waals surface area contributed by atoms with E-state index in [0.717, 1.165) is 47.6 Å². The summed E-state index contributed by atoms with van der Waals surface area (Å²) in [4.78, 5) is 9.47. The van der Waals surface area contributed by atoms with Gasteiger partial charge in [0, 0.05) is 18.4 Å². The molecule has 0 unspecified atom stereocenters. The molecule has 0 aliphatic carbocycles. The fourth-order valence-electron chi connectivity index (χ4n) is 1.88. The number of hydrogen-bond donors (Lipinski definition) is 1. The number of hydrogen-bond acceptors (Lipinski definition) is 3. The molecule has 1 rings (SSSR count). The van der Waals surface area contributed by atoms with E-state index in [1.54, 1.807) is 0 Å². The lowest BCUT2D eigenvalue weighted by molar-refractivity contribution is 0.543. The minimum absolute atomic E-state index is 0.0109. The van der Waals surface area contributed by atoms with Crippen molar-refractivity contribution in [1.29, 1.82) is 0 Å². The Morgan fingerprint density at radius 1 is 1.20 bits per heavy atom. The Kier molecular flexibility index (Phi) is 6.44. The lowest BCUT2D eigenvalue weighted by atomic mass is 9.91. The highest BCUT2D eigenvalue weighted by atomic mass is 79.9. The van der Waals surface area contributed by atoms with E-state index in [1.165, 1.54) is 0 Å². The molecule has 0 aromatic carbocycles. The van der Waals surface area contributed by atoms with Gasteiger partial charge in [0.25, 0.3) is 0 Å². The van der Waals surface area contributed by atoms with E-state index < -0.39 is 0 Å². The first-order valence-corrected chi connectivity index (χ1v) is 8.35. The average molecular weight is 342 g/mol. The molecule has 1 aromatic heterocycles. The summed E-state index contributed by atoms with van der Waals surface area (Å²) in [5.74, 6) is 2.56. The van der Waals surface area contributed by atoms with Gasteiger partial charge in [0.1, 0.15) is 11.6 Å². The highest BCUT2D eigenvalue weighted by Crippen LogP contribution is 2.32. The smallest absolute Gasteiger partial charge is 0.144 e. The molecule has 3 nitrogen and oxygen atoms in total. The second kappa shape index (κ2) is 7.39. The second-order valence-corrected chi connectivity index (χ2v) is 7.55. The van der Waals surface area contributed by atoms with Crippen LogP contribution < -0.4 is 5.32 Å². The predicted molar refractivity (Wildman–Crippen MR) is 90.4 cm³/mol. The van der Waals surface area contributed by atoms with E-state index >= 15 is 0 Å². The van der Waals surface area contributed by atoms with Crippen LogP contribution in [0.5, 0.6) is 0 Å². The molecular formula is C16H28BrN3. The molecule has 1 N–H and O–H groups in total. The van der Waals surface area contributed by atoms with Crippen molar-refractivity contribution in [3.63, 3.8) is 0 Å². The Morgan fingerprint density at radius 2 is 1.85 bits per heavy atom. The summed E-state index contributed by atoms with van der Waals surface area (Å²) in [5, 5.41) is 3.41. The van der Waals surface area contributed by atoms with E-state index in [4.69, 9.17) is 4.98 Å². The monoisotopic (exact) mass is 341 g/mol. The lowest BCUT2D eigenvalue weighted by Crippen LogP contribution is -2.19. The highest BCUT2D eigenvalue weighted by molar-refractivity contribution is 9.10. The normalized spacial score (nSPS) is 12.0. The SMILES string of the molecule is CCCNc1nc(CCC(C)C)nc(C(C)(C)C)c1Br. The van der Waals surface area contributed by atoms with Crippen LogP contribution in [-0.4, -0.2) is 16.5 Å². The molecule has 0 fully saturated rings. The summed E-state index contributed by atoms with van der Waals surface area (Å²) in [6.45, 7) is 14.1. The summed E-state index contributed by atoms with van der Waals surface area (Å²) < 4.78 is 1.01. The molecule has 4 heteroatoms. The maximum absolute atomic E-state index is 4.79. The number of anilines is 1. The van der Waals surface area contributed by atoms with Crippen LogP contribution in [0.3, 0.4) is 0 Å². The van der Waals surface area contributed by atoms with E-state index in [-0.39, 0.29) is 5.41 Å². The van der Waals surface area contributed by atoms with Crippen LogP contribution in [0, 0.1) is 5.92 Å². The van der Waals surface area contributed by atoms with Crippen molar-refractivity contribution in [2.24, 2.45) is 5.92 Å². The quantitative estimate of drug-likeness (QED) is 0.795. The minimum Gasteiger partial charge on any atom is -0.369 e. The van der Waals surface area contributed by atoms with Crippen molar-refractivity contribution < 1.29 is 0 Å². The molecule has 0 atom stereocenters. The van der Waals surface area contributed by atoms with E-state index in [9.17, 15) is 0 Å². The van der Waals surface area contributed by atoms with Gasteiger partial charge >= 0.3 is 0 Å². The molecule has 0 saturated heterocycles. The van der Waals surface area contributed by atoms with Gasteiger partial charge in [0.2, 0.25) is 0 Å². The molecular weight excluding hydrogens is 314 g/mol. The van der Waals surface area contributed by atoms with Crippen LogP contribution in [-0.2, 0) is 11.8 Å². The van der Waals surface area contributed by atoms with Gasteiger partial charge in [-0.2, -0.15) is 0 Å². The van der Waals surface area contributed by atoms with Crippen LogP contribution in [0.4, 0.5) is 5.82 Å². The third kappa shape index (κ3) is 5.04. The molecule has 0 bridgehead atoms. The maximum atomic E-state index is 4.79. The van der Waals surface area contributed by atoms with E-state index in [0.29, 0.717) is 5.92 Å². The first-order chi connectivity index (χ1) is 9.25. The van der Waals surface area contributed by atoms with Crippen LogP contribution in [0.1, 0.15) is 65.9 Å². The summed E-state index contributed by atoms with van der Waals surface area (Å²) >= 11 is 3.67. The van der Waals surface area contributed by atoms with Gasteiger partial charge in [-0.1, -0.05) is 41.5 Å². The molecule has 0 amide bonds. The van der Waals surface area contributed by atoms with Crippen molar-refractivity contribution in [2.75, 3.05) is 11.9 Å². The zero-order valence-electron chi connectivity index (χ0n) is 13.7. The first-order valence-electron chi connectivity index (χ1n) is 7.56. The first kappa shape index (κ1) is 17.4. The number of aryl methyl sites for hydroxylation is 1. The zero-order chi connectivity index (χ0) is 15.3. The molecule has 0 saturated carbocycles. The maximum Gasteiger partial charge on any atom is 0.144 e. The number of rotatable bonds is 6. The second-order valence-electron chi connectivity index (χ2n) is 6.76. The van der Waals surface area contributed by atoms with E-state index in [1.807, 2.05) is 0 Å². The van der Waals surface area contributed by atoms with Crippen molar-refractivity contribution >= 4 is 21.7 Å². The van der Waals surface area contributed by atoms with Crippen molar-refractivity contribution in [3.05, 3.63) is 16.0 Å². The van der Waals surface area contributed by atoms with Gasteiger partial charge in [-0.25, -0.2) is 9.97 Å². The summed E-state index contributed by atoms with van der Waals surface area (Å²) in [6.07, 6.45) is 3.15. The van der Waals surface area contributed by atoms with Crippen molar-refractivity contribution in [2.45, 2.75) is 66.2 Å². The minimum atomic E-state index is 0.0109. The van der Waals surface area contributed by atoms with Gasteiger partial charge in [-0.3, -0.25) is 0 Å². The van der Waals surface area contributed by atoms with E-state index in [2.05, 4.69) is 67.8 Å². The van der Waals surface area contributed by atoms with Gasteiger partial charge in [0.05, 0.1) is 10.2 Å². The van der Waals surface area contributed by atoms with Crippen LogP contribution in [0.25, 0.3) is 0 Å². The zero-order valence-corrected chi connectivity index (χ0v) is 15.3. The predicted octanol–water partition coefficient (Wildman–Crippen LogP) is 4.95. The molecule has 0 aliphatic rings. The van der Waals surface area contributed by atoms with Crippen molar-refractivity contribution in [1.82, 2.24) is 9.97 Å². The lowest BCUT2D eigenvalue weighted by Gasteiger charge is -2.22. The molecule has 1 aromatic rings. The van der Waals surface area contributed by atoms with Crippen molar-refractivity contribution in [3.8, 4) is 0 Å². The van der Waals surface area contributed by atoms with Gasteiger partial charge in [-0.05, 0) is 34.7 Å². The Labute approximate surface area is 132 Å². The largest absolute Gasteiger partial charge is 0.369 e. The Hall–Kier alpha value is -0.640. The number of nitrogens with one attached hydrogen (secondary N) is 1. The summed E-state index contributed by atoms with van der Waals surface area (Å²) in [7, 11) is 0. The fraction of sp³-hybridized carbons (Fsp3) is 0.750. The van der Waals surface area contributed by atoms with Gasteiger partial charge in [-0.15, -0.1) is 0 Å².